The number of hydrogen-bond acceptors (Lipinski definition) is 2. The van der Waals surface area contributed by atoms with Crippen molar-refractivity contribution < 1.29 is 0 Å². The molecule has 0 aliphatic carbocycles. The Morgan fingerprint density at radius 1 is 1.20 bits per heavy atom. The highest BCUT2D eigenvalue weighted by atomic mass is 15.1. The van der Waals surface area contributed by atoms with Gasteiger partial charge >= 0.3 is 0 Å². The number of benzene rings is 1. The molecule has 0 saturated heterocycles. The number of hydrogen-bond donors (Lipinski definition) is 0. The van der Waals surface area contributed by atoms with Crippen LogP contribution in [0.3, 0.4) is 0 Å². The number of aromatic nitrogens is 1. The first kappa shape index (κ1) is 9.77. The van der Waals surface area contributed by atoms with Gasteiger partial charge in [-0.15, -0.1) is 0 Å². The molecule has 1 aromatic heterocycles. The van der Waals surface area contributed by atoms with Crippen LogP contribution in [0.1, 0.15) is 5.69 Å². The maximum absolute atomic E-state index is 7.62. The van der Waals surface area contributed by atoms with Gasteiger partial charge in [0.25, 0.3) is 0 Å². The molecule has 0 spiro atoms. The fourth-order valence-corrected chi connectivity index (χ4v) is 1.70. The SMILES string of the molecule is Cc1cc2ccc([NH])cc2c(N(C)C)n1. The summed E-state index contributed by atoms with van der Waals surface area (Å²) in [7, 11) is 3.94. The lowest BCUT2D eigenvalue weighted by Crippen LogP contribution is -2.11. The Balaban J connectivity index is 2.81. The molecule has 1 aromatic carbocycles. The van der Waals surface area contributed by atoms with Crippen LogP contribution in [0.5, 0.6) is 0 Å². The Bertz CT molecular complexity index is 503. The average Bonchev–Trinajstić information content (AvgIpc) is 2.17. The van der Waals surface area contributed by atoms with Crippen molar-refractivity contribution in [3.05, 3.63) is 30.0 Å². The van der Waals surface area contributed by atoms with Crippen LogP contribution in [0.2, 0.25) is 0 Å². The van der Waals surface area contributed by atoms with Crippen molar-refractivity contribution in [3.8, 4) is 0 Å². The van der Waals surface area contributed by atoms with Gasteiger partial charge in [-0.2, -0.15) is 0 Å². The van der Waals surface area contributed by atoms with Crippen molar-refractivity contribution >= 4 is 22.3 Å². The Morgan fingerprint density at radius 2 is 1.93 bits per heavy atom. The molecule has 77 valence electrons. The minimum Gasteiger partial charge on any atom is -0.362 e. The number of nitrogens with one attached hydrogen (secondary N) is 1. The molecule has 1 heterocycles. The third-order valence-electron chi connectivity index (χ3n) is 2.36. The second-order valence-electron chi connectivity index (χ2n) is 3.92. The smallest absolute Gasteiger partial charge is 0.136 e. The third kappa shape index (κ3) is 1.73. The van der Waals surface area contributed by atoms with Gasteiger partial charge in [0, 0.05) is 25.2 Å². The summed E-state index contributed by atoms with van der Waals surface area (Å²) in [6.45, 7) is 1.99. The van der Waals surface area contributed by atoms with Gasteiger partial charge in [-0.05, 0) is 30.5 Å². The Hall–Kier alpha value is -1.77. The highest BCUT2D eigenvalue weighted by Gasteiger charge is 2.06. The molecule has 1 N–H and O–H groups in total. The van der Waals surface area contributed by atoms with Gasteiger partial charge in [-0.3, -0.25) is 0 Å². The fraction of sp³-hybridized carbons (Fsp3) is 0.250. The zero-order valence-corrected chi connectivity index (χ0v) is 9.20. The first-order valence-corrected chi connectivity index (χ1v) is 4.88. The van der Waals surface area contributed by atoms with Crippen LogP contribution in [-0.4, -0.2) is 19.1 Å². The lowest BCUT2D eigenvalue weighted by molar-refractivity contribution is 1.06. The van der Waals surface area contributed by atoms with Gasteiger partial charge in [0.15, 0.2) is 0 Å². The molecule has 0 saturated carbocycles. The number of aryl methyl sites for hydroxylation is 1. The summed E-state index contributed by atoms with van der Waals surface area (Å²) in [5.41, 5.74) is 9.15. The number of nitrogens with zero attached hydrogens (tertiary/aromatic N) is 2. The molecule has 15 heavy (non-hydrogen) atoms. The molecule has 1 radical (unpaired) electrons. The van der Waals surface area contributed by atoms with E-state index in [1.807, 2.05) is 44.1 Å². The second kappa shape index (κ2) is 3.42. The summed E-state index contributed by atoms with van der Waals surface area (Å²) in [6.07, 6.45) is 0. The van der Waals surface area contributed by atoms with Gasteiger partial charge in [0.2, 0.25) is 0 Å². The highest BCUT2D eigenvalue weighted by molar-refractivity contribution is 5.94. The van der Waals surface area contributed by atoms with Gasteiger partial charge in [0.1, 0.15) is 5.82 Å². The lowest BCUT2D eigenvalue weighted by atomic mass is 10.1. The Labute approximate surface area is 89.5 Å². The van der Waals surface area contributed by atoms with Crippen molar-refractivity contribution in [2.24, 2.45) is 0 Å². The van der Waals surface area contributed by atoms with Gasteiger partial charge in [-0.1, -0.05) is 6.07 Å². The summed E-state index contributed by atoms with van der Waals surface area (Å²) in [5.74, 6) is 0.930. The van der Waals surface area contributed by atoms with Crippen molar-refractivity contribution in [1.29, 1.82) is 0 Å². The van der Waals surface area contributed by atoms with E-state index in [0.29, 0.717) is 5.69 Å². The van der Waals surface area contributed by atoms with E-state index in [1.54, 1.807) is 6.07 Å². The lowest BCUT2D eigenvalue weighted by Gasteiger charge is -2.15. The molecular weight excluding hydrogens is 186 g/mol. The molecule has 0 fully saturated rings. The Morgan fingerprint density at radius 3 is 2.60 bits per heavy atom. The number of rotatable bonds is 1. The maximum atomic E-state index is 7.62. The van der Waals surface area contributed by atoms with E-state index < -0.39 is 0 Å². The maximum Gasteiger partial charge on any atom is 0.136 e. The first-order valence-electron chi connectivity index (χ1n) is 4.88. The van der Waals surface area contributed by atoms with E-state index >= 15 is 0 Å². The molecule has 0 atom stereocenters. The van der Waals surface area contributed by atoms with E-state index in [0.717, 1.165) is 22.3 Å². The summed E-state index contributed by atoms with van der Waals surface area (Å²) < 4.78 is 0. The normalized spacial score (nSPS) is 10.6. The molecule has 0 bridgehead atoms. The van der Waals surface area contributed by atoms with Crippen LogP contribution < -0.4 is 10.6 Å². The van der Waals surface area contributed by atoms with Crippen molar-refractivity contribution in [2.45, 2.75) is 6.92 Å². The minimum atomic E-state index is 0.524. The van der Waals surface area contributed by atoms with Crippen LogP contribution >= 0.6 is 0 Å². The van der Waals surface area contributed by atoms with Crippen LogP contribution in [0.25, 0.3) is 10.8 Å². The van der Waals surface area contributed by atoms with E-state index in [-0.39, 0.29) is 0 Å². The van der Waals surface area contributed by atoms with Gasteiger partial charge < -0.3 is 10.6 Å². The van der Waals surface area contributed by atoms with Crippen LogP contribution in [-0.2, 0) is 0 Å². The van der Waals surface area contributed by atoms with E-state index in [9.17, 15) is 0 Å². The molecule has 0 aliphatic rings. The van der Waals surface area contributed by atoms with Crippen LogP contribution in [0.4, 0.5) is 11.5 Å². The summed E-state index contributed by atoms with van der Waals surface area (Å²) in [5, 5.41) is 2.18. The minimum absolute atomic E-state index is 0.524. The largest absolute Gasteiger partial charge is 0.362 e. The van der Waals surface area contributed by atoms with E-state index in [2.05, 4.69) is 4.98 Å². The quantitative estimate of drug-likeness (QED) is 0.709. The van der Waals surface area contributed by atoms with Gasteiger partial charge in [0.05, 0.1) is 5.69 Å². The molecule has 3 nitrogen and oxygen atoms in total. The number of anilines is 1. The molecule has 0 aliphatic heterocycles. The zero-order valence-electron chi connectivity index (χ0n) is 9.20. The average molecular weight is 200 g/mol. The van der Waals surface area contributed by atoms with Gasteiger partial charge in [-0.25, -0.2) is 4.98 Å². The molecule has 2 aromatic rings. The second-order valence-corrected chi connectivity index (χ2v) is 3.92. The van der Waals surface area contributed by atoms with Crippen LogP contribution in [0.15, 0.2) is 24.3 Å². The van der Waals surface area contributed by atoms with E-state index in [1.165, 1.54) is 0 Å². The van der Waals surface area contributed by atoms with Crippen molar-refractivity contribution in [1.82, 2.24) is 10.7 Å². The molecule has 3 heteroatoms. The van der Waals surface area contributed by atoms with Crippen molar-refractivity contribution in [3.63, 3.8) is 0 Å². The molecule has 0 amide bonds. The summed E-state index contributed by atoms with van der Waals surface area (Å²) in [4.78, 5) is 6.47. The summed E-state index contributed by atoms with van der Waals surface area (Å²) in [6, 6.07) is 7.68. The summed E-state index contributed by atoms with van der Waals surface area (Å²) >= 11 is 0. The third-order valence-corrected chi connectivity index (χ3v) is 2.36. The topological polar surface area (TPSA) is 39.9 Å². The number of fused-ring (bicyclic) bond motifs is 1. The Kier molecular flexibility index (Phi) is 2.23. The first-order chi connectivity index (χ1) is 7.08. The monoisotopic (exact) mass is 200 g/mol. The highest BCUT2D eigenvalue weighted by Crippen LogP contribution is 2.26. The molecular formula is C12H14N3. The zero-order chi connectivity index (χ0) is 11.0. The molecule has 2 rings (SSSR count). The molecule has 0 unspecified atom stereocenters. The number of pyridine rings is 1. The predicted molar refractivity (Wildman–Crippen MR) is 63.6 cm³/mol. The van der Waals surface area contributed by atoms with Crippen LogP contribution in [0, 0.1) is 6.92 Å². The van der Waals surface area contributed by atoms with Crippen molar-refractivity contribution in [2.75, 3.05) is 19.0 Å². The van der Waals surface area contributed by atoms with E-state index in [4.69, 9.17) is 5.73 Å². The predicted octanol–water partition coefficient (Wildman–Crippen LogP) is 2.52. The standard InChI is InChI=1S/C12H14N3/c1-8-6-9-4-5-10(13)7-11(9)12(14-8)15(2)3/h4-7,13H,1-3H3. The fourth-order valence-electron chi connectivity index (χ4n) is 1.70.